The number of hydrogen-bond acceptors (Lipinski definition) is 7. The van der Waals surface area contributed by atoms with Crippen molar-refractivity contribution < 1.29 is 14.0 Å². The lowest BCUT2D eigenvalue weighted by atomic mass is 9.98. The highest BCUT2D eigenvalue weighted by atomic mass is 16.6. The molecule has 0 aliphatic carbocycles. The van der Waals surface area contributed by atoms with Gasteiger partial charge in [0.2, 0.25) is 0 Å². The number of nitrogens with zero attached hydrogens (tertiary/aromatic N) is 4. The number of ether oxygens (including phenoxy) is 2. The van der Waals surface area contributed by atoms with Crippen LogP contribution in [0.15, 0.2) is 23.0 Å². The van der Waals surface area contributed by atoms with Gasteiger partial charge in [0.15, 0.2) is 0 Å². The summed E-state index contributed by atoms with van der Waals surface area (Å²) in [4.78, 5) is 10.7. The predicted molar refractivity (Wildman–Crippen MR) is 85.6 cm³/mol. The zero-order valence-corrected chi connectivity index (χ0v) is 14.1. The van der Waals surface area contributed by atoms with Crippen molar-refractivity contribution in [3.05, 3.63) is 35.5 Å². The van der Waals surface area contributed by atoms with E-state index in [1.807, 2.05) is 13.8 Å². The monoisotopic (exact) mass is 330 g/mol. The van der Waals surface area contributed by atoms with Crippen LogP contribution in [0.1, 0.15) is 29.9 Å². The van der Waals surface area contributed by atoms with E-state index in [1.165, 1.54) is 5.56 Å². The zero-order chi connectivity index (χ0) is 16.6. The largest absolute Gasteiger partial charge is 0.458 e. The minimum Gasteiger partial charge on any atom is -0.458 e. The Balaban J connectivity index is 1.36. The lowest BCUT2D eigenvalue weighted by Gasteiger charge is -2.23. The minimum atomic E-state index is -0.113. The number of likely N-dealkylation sites (tertiary alicyclic amines) is 1. The Morgan fingerprint density at radius 1 is 1.33 bits per heavy atom. The van der Waals surface area contributed by atoms with Crippen LogP contribution in [-0.4, -0.2) is 51.4 Å². The second-order valence-corrected chi connectivity index (χ2v) is 6.73. The van der Waals surface area contributed by atoms with Gasteiger partial charge in [-0.15, -0.1) is 0 Å². The van der Waals surface area contributed by atoms with Gasteiger partial charge in [-0.25, -0.2) is 9.97 Å². The summed E-state index contributed by atoms with van der Waals surface area (Å²) in [5, 5.41) is 4.04. The van der Waals surface area contributed by atoms with Gasteiger partial charge in [0.05, 0.1) is 17.9 Å². The van der Waals surface area contributed by atoms with Crippen molar-refractivity contribution >= 4 is 0 Å². The minimum absolute atomic E-state index is 0.0198. The molecule has 0 bridgehead atoms. The Hall–Kier alpha value is -1.99. The zero-order valence-electron chi connectivity index (χ0n) is 14.1. The second kappa shape index (κ2) is 6.14. The smallest absolute Gasteiger partial charge is 0.316 e. The fraction of sp³-hybridized carbons (Fsp3) is 0.588. The Morgan fingerprint density at radius 3 is 2.92 bits per heavy atom. The summed E-state index contributed by atoms with van der Waals surface area (Å²) < 4.78 is 17.2. The molecule has 24 heavy (non-hydrogen) atoms. The average molecular weight is 330 g/mol. The van der Waals surface area contributed by atoms with Gasteiger partial charge in [-0.3, -0.25) is 4.90 Å². The summed E-state index contributed by atoms with van der Waals surface area (Å²) in [5.41, 5.74) is 2.05. The second-order valence-electron chi connectivity index (χ2n) is 6.73. The van der Waals surface area contributed by atoms with E-state index in [2.05, 4.69) is 20.0 Å². The first-order valence-electron chi connectivity index (χ1n) is 8.35. The van der Waals surface area contributed by atoms with Gasteiger partial charge in [-0.2, -0.15) is 0 Å². The van der Waals surface area contributed by atoms with E-state index < -0.39 is 0 Å². The van der Waals surface area contributed by atoms with Crippen LogP contribution < -0.4 is 4.74 Å². The fourth-order valence-corrected chi connectivity index (χ4v) is 3.67. The van der Waals surface area contributed by atoms with Gasteiger partial charge in [0.1, 0.15) is 11.9 Å². The molecule has 2 fully saturated rings. The number of aromatic nitrogens is 3. The van der Waals surface area contributed by atoms with E-state index in [-0.39, 0.29) is 11.7 Å². The summed E-state index contributed by atoms with van der Waals surface area (Å²) in [6.07, 6.45) is 5.30. The molecule has 128 valence electrons. The van der Waals surface area contributed by atoms with Crippen LogP contribution in [0.5, 0.6) is 6.01 Å². The van der Waals surface area contributed by atoms with Crippen LogP contribution >= 0.6 is 0 Å². The topological polar surface area (TPSA) is 73.5 Å². The summed E-state index contributed by atoms with van der Waals surface area (Å²) in [6.45, 7) is 7.34. The molecule has 0 N–H and O–H groups in total. The molecule has 0 radical (unpaired) electrons. The molecule has 0 aromatic carbocycles. The van der Waals surface area contributed by atoms with Crippen molar-refractivity contribution in [1.82, 2.24) is 20.0 Å². The van der Waals surface area contributed by atoms with E-state index in [1.54, 1.807) is 18.5 Å². The Labute approximate surface area is 141 Å². The lowest BCUT2D eigenvalue weighted by molar-refractivity contribution is 0.00907. The molecule has 0 amide bonds. The summed E-state index contributed by atoms with van der Waals surface area (Å²) >= 11 is 0. The van der Waals surface area contributed by atoms with Gasteiger partial charge in [0.25, 0.3) is 0 Å². The van der Waals surface area contributed by atoms with Crippen LogP contribution in [0.2, 0.25) is 0 Å². The molecule has 2 aliphatic heterocycles. The van der Waals surface area contributed by atoms with Crippen LogP contribution in [-0.2, 0) is 11.3 Å². The van der Waals surface area contributed by atoms with Crippen LogP contribution in [0.4, 0.5) is 0 Å². The van der Waals surface area contributed by atoms with Gasteiger partial charge in [-0.1, -0.05) is 5.16 Å². The highest BCUT2D eigenvalue weighted by Crippen LogP contribution is 2.37. The van der Waals surface area contributed by atoms with Gasteiger partial charge < -0.3 is 14.0 Å². The molecule has 2 aliphatic rings. The number of rotatable bonds is 4. The molecule has 1 spiro atoms. The third-order valence-corrected chi connectivity index (χ3v) is 4.95. The average Bonchev–Trinajstić information content (AvgIpc) is 3.26. The van der Waals surface area contributed by atoms with E-state index in [0.717, 1.165) is 43.9 Å². The first kappa shape index (κ1) is 15.5. The molecule has 2 aromatic heterocycles. The fourth-order valence-electron chi connectivity index (χ4n) is 3.67. The molecule has 2 atom stereocenters. The summed E-state index contributed by atoms with van der Waals surface area (Å²) in [5.74, 6) is 0.906. The standard InChI is InChI=1S/C17H22N4O3/c1-12-15(13(2)24-20-12)9-21-7-4-17(11-21)8-14(10-22-17)23-16-18-5-3-6-19-16/h3,5-6,14H,4,7-11H2,1-2H3. The van der Waals surface area contributed by atoms with E-state index in [4.69, 9.17) is 14.0 Å². The summed E-state index contributed by atoms with van der Waals surface area (Å²) in [6, 6.07) is 2.21. The Kier molecular flexibility index (Phi) is 3.97. The van der Waals surface area contributed by atoms with Gasteiger partial charge >= 0.3 is 6.01 Å². The Morgan fingerprint density at radius 2 is 2.17 bits per heavy atom. The SMILES string of the molecule is Cc1noc(C)c1CN1CCC2(CC(Oc3ncccn3)CO2)C1. The molecular weight excluding hydrogens is 308 g/mol. The van der Waals surface area contributed by atoms with Gasteiger partial charge in [-0.05, 0) is 26.3 Å². The normalized spacial score (nSPS) is 27.2. The molecule has 0 saturated carbocycles. The first-order valence-corrected chi connectivity index (χ1v) is 8.35. The van der Waals surface area contributed by atoms with Gasteiger partial charge in [0, 0.05) is 44.0 Å². The molecule has 2 aromatic rings. The highest BCUT2D eigenvalue weighted by Gasteiger charge is 2.46. The highest BCUT2D eigenvalue weighted by molar-refractivity contribution is 5.21. The van der Waals surface area contributed by atoms with Crippen molar-refractivity contribution in [1.29, 1.82) is 0 Å². The maximum atomic E-state index is 6.13. The molecule has 7 nitrogen and oxygen atoms in total. The predicted octanol–water partition coefficient (Wildman–Crippen LogP) is 1.89. The van der Waals surface area contributed by atoms with Crippen molar-refractivity contribution in [2.75, 3.05) is 19.7 Å². The van der Waals surface area contributed by atoms with Crippen molar-refractivity contribution in [3.8, 4) is 6.01 Å². The number of aryl methyl sites for hydroxylation is 2. The van der Waals surface area contributed by atoms with E-state index in [0.29, 0.717) is 12.6 Å². The molecule has 4 rings (SSSR count). The van der Waals surface area contributed by atoms with E-state index >= 15 is 0 Å². The summed E-state index contributed by atoms with van der Waals surface area (Å²) in [7, 11) is 0. The molecule has 4 heterocycles. The van der Waals surface area contributed by atoms with Crippen LogP contribution in [0.3, 0.4) is 0 Å². The Bertz CT molecular complexity index is 686. The van der Waals surface area contributed by atoms with E-state index in [9.17, 15) is 0 Å². The van der Waals surface area contributed by atoms with Crippen LogP contribution in [0.25, 0.3) is 0 Å². The van der Waals surface area contributed by atoms with Crippen molar-refractivity contribution in [2.24, 2.45) is 0 Å². The number of hydrogen-bond donors (Lipinski definition) is 0. The van der Waals surface area contributed by atoms with Crippen LogP contribution in [0, 0.1) is 13.8 Å². The maximum absolute atomic E-state index is 6.13. The maximum Gasteiger partial charge on any atom is 0.316 e. The molecule has 7 heteroatoms. The molecule has 2 saturated heterocycles. The molecule has 2 unspecified atom stereocenters. The van der Waals surface area contributed by atoms with Crippen molar-refractivity contribution in [2.45, 2.75) is 44.9 Å². The lowest BCUT2D eigenvalue weighted by Crippen LogP contribution is -2.33. The molecular formula is C17H22N4O3. The third kappa shape index (κ3) is 3.01. The third-order valence-electron chi connectivity index (χ3n) is 4.95. The first-order chi connectivity index (χ1) is 11.6. The quantitative estimate of drug-likeness (QED) is 0.847. The van der Waals surface area contributed by atoms with Crippen molar-refractivity contribution in [3.63, 3.8) is 0 Å².